The lowest BCUT2D eigenvalue weighted by molar-refractivity contribution is -0.703. The van der Waals surface area contributed by atoms with Crippen LogP contribution in [0, 0.1) is 0 Å². The van der Waals surface area contributed by atoms with Gasteiger partial charge in [-0.05, 0) is 49.6 Å². The summed E-state index contributed by atoms with van der Waals surface area (Å²) in [4.78, 5) is 25.2. The number of benzene rings is 2. The van der Waals surface area contributed by atoms with Crippen LogP contribution in [0.25, 0.3) is 0 Å². The van der Waals surface area contributed by atoms with Crippen LogP contribution in [-0.2, 0) is 4.79 Å². The zero-order chi connectivity index (χ0) is 19.2. The van der Waals surface area contributed by atoms with E-state index in [-0.39, 0.29) is 23.8 Å². The smallest absolute Gasteiger partial charge is 0.282 e. The Balaban J connectivity index is 1.70. The Morgan fingerprint density at radius 3 is 2.26 bits per heavy atom. The number of nitrogens with two attached hydrogens (primary N) is 1. The van der Waals surface area contributed by atoms with Crippen LogP contribution in [0.15, 0.2) is 72.1 Å². The quantitative estimate of drug-likeness (QED) is 0.616. The Bertz CT molecular complexity index is 890. The topological polar surface area (TPSA) is 62.8 Å². The summed E-state index contributed by atoms with van der Waals surface area (Å²) < 4.78 is 0. The van der Waals surface area contributed by atoms with Gasteiger partial charge < -0.3 is 10.6 Å². The van der Waals surface area contributed by atoms with Gasteiger partial charge >= 0.3 is 0 Å². The molecule has 0 spiro atoms. The van der Waals surface area contributed by atoms with Crippen molar-refractivity contribution in [1.29, 1.82) is 0 Å². The van der Waals surface area contributed by atoms with Gasteiger partial charge in [0.25, 0.3) is 5.91 Å². The molecule has 27 heavy (non-hydrogen) atoms. The predicted molar refractivity (Wildman–Crippen MR) is 109 cm³/mol. The van der Waals surface area contributed by atoms with E-state index in [0.717, 1.165) is 0 Å². The number of nitrogens with one attached hydrogen (secondary N) is 1. The molecule has 4 nitrogen and oxygen atoms in total. The molecule has 0 fully saturated rings. The molecule has 0 aliphatic carbocycles. The summed E-state index contributed by atoms with van der Waals surface area (Å²) in [5, 5.41) is 7.07. The van der Waals surface area contributed by atoms with Gasteiger partial charge in [-0.1, -0.05) is 36.4 Å². The van der Waals surface area contributed by atoms with E-state index in [1.54, 1.807) is 35.6 Å². The van der Waals surface area contributed by atoms with E-state index < -0.39 is 0 Å². The van der Waals surface area contributed by atoms with Gasteiger partial charge in [0.2, 0.25) is 0 Å². The summed E-state index contributed by atoms with van der Waals surface area (Å²) in [6.07, 6.45) is 0. The lowest BCUT2D eigenvalue weighted by atomic mass is 10.0. The maximum atomic E-state index is 12.7. The molecule has 0 aliphatic rings. The number of carbonyl (C=O) groups is 2. The number of Topliss-reactive ketones (excluding diaryl/α,β-unsaturated/α-hetero) is 1. The highest BCUT2D eigenvalue weighted by atomic mass is 32.1. The molecule has 0 unspecified atom stereocenters. The second-order valence-corrected chi connectivity index (χ2v) is 7.49. The van der Waals surface area contributed by atoms with E-state index in [0.29, 0.717) is 11.3 Å². The third-order valence-electron chi connectivity index (χ3n) is 4.46. The highest BCUT2D eigenvalue weighted by Crippen LogP contribution is 2.22. The first-order valence-electron chi connectivity index (χ1n) is 8.90. The van der Waals surface area contributed by atoms with Crippen LogP contribution >= 0.6 is 11.3 Å². The first kappa shape index (κ1) is 19.0. The first-order chi connectivity index (χ1) is 13.0. The fourth-order valence-corrected chi connectivity index (χ4v) is 3.75. The predicted octanol–water partition coefficient (Wildman–Crippen LogP) is 3.63. The number of amides is 1. The van der Waals surface area contributed by atoms with Crippen LogP contribution in [-0.4, -0.2) is 17.7 Å². The van der Waals surface area contributed by atoms with Crippen LogP contribution in [0.4, 0.5) is 5.69 Å². The third kappa shape index (κ3) is 4.90. The summed E-state index contributed by atoms with van der Waals surface area (Å²) >= 11 is 1.69. The van der Waals surface area contributed by atoms with E-state index in [4.69, 9.17) is 0 Å². The summed E-state index contributed by atoms with van der Waals surface area (Å²) in [6.45, 7) is 3.43. The van der Waals surface area contributed by atoms with Crippen LogP contribution < -0.4 is 10.6 Å². The lowest BCUT2D eigenvalue weighted by Gasteiger charge is -2.19. The van der Waals surface area contributed by atoms with Crippen LogP contribution in [0.5, 0.6) is 0 Å². The Morgan fingerprint density at radius 2 is 1.67 bits per heavy atom. The monoisotopic (exact) mass is 379 g/mol. The summed E-state index contributed by atoms with van der Waals surface area (Å²) in [7, 11) is 0. The maximum Gasteiger partial charge on any atom is 0.282 e. The van der Waals surface area contributed by atoms with E-state index in [1.165, 1.54) is 17.4 Å². The Morgan fingerprint density at radius 1 is 0.963 bits per heavy atom. The van der Waals surface area contributed by atoms with Crippen molar-refractivity contribution >= 4 is 28.7 Å². The van der Waals surface area contributed by atoms with E-state index in [2.05, 4.69) is 34.2 Å². The normalized spacial score (nSPS) is 13.0. The standard InChI is InChI=1S/C22H22N2O2S/c1-15(22(26)24-19-12-10-17(11-13-19)16(2)25)23-21(20-9-6-14-27-20)18-7-4-3-5-8-18/h3-15,21,23H,1-2H3,(H,24,26)/p+1/t15-,21-/m0/s1. The minimum absolute atomic E-state index is 0.0104. The van der Waals surface area contributed by atoms with Gasteiger partial charge in [0, 0.05) is 16.8 Å². The van der Waals surface area contributed by atoms with Gasteiger partial charge in [-0.2, -0.15) is 0 Å². The van der Waals surface area contributed by atoms with Crippen molar-refractivity contribution in [2.24, 2.45) is 0 Å². The van der Waals surface area contributed by atoms with Crippen molar-refractivity contribution in [3.8, 4) is 0 Å². The van der Waals surface area contributed by atoms with Crippen molar-refractivity contribution in [2.75, 3.05) is 5.32 Å². The van der Waals surface area contributed by atoms with Crippen LogP contribution in [0.3, 0.4) is 0 Å². The lowest BCUT2D eigenvalue weighted by Crippen LogP contribution is -2.92. The van der Waals surface area contributed by atoms with Crippen LogP contribution in [0.1, 0.15) is 40.7 Å². The molecular weight excluding hydrogens is 356 g/mol. The van der Waals surface area contributed by atoms with Crippen molar-refractivity contribution in [2.45, 2.75) is 25.9 Å². The molecule has 1 heterocycles. The van der Waals surface area contributed by atoms with Crippen molar-refractivity contribution in [1.82, 2.24) is 0 Å². The minimum atomic E-state index is -0.273. The number of hydrogen-bond donors (Lipinski definition) is 2. The highest BCUT2D eigenvalue weighted by molar-refractivity contribution is 7.10. The summed E-state index contributed by atoms with van der Waals surface area (Å²) in [6, 6.07) is 21.1. The fraction of sp³-hybridized carbons (Fsp3) is 0.182. The summed E-state index contributed by atoms with van der Waals surface area (Å²) in [5.41, 5.74) is 2.50. The van der Waals surface area contributed by atoms with Gasteiger partial charge in [-0.25, -0.2) is 0 Å². The molecule has 0 bridgehead atoms. The second kappa shape index (κ2) is 8.75. The Hall–Kier alpha value is -2.76. The van der Waals surface area contributed by atoms with Gasteiger partial charge in [-0.3, -0.25) is 9.59 Å². The molecule has 1 aromatic heterocycles. The van der Waals surface area contributed by atoms with E-state index in [9.17, 15) is 9.59 Å². The van der Waals surface area contributed by atoms with E-state index in [1.807, 2.05) is 31.2 Å². The average Bonchev–Trinajstić information content (AvgIpc) is 3.21. The Labute approximate surface area is 163 Å². The molecule has 5 heteroatoms. The largest absolute Gasteiger partial charge is 0.326 e. The molecule has 1 amide bonds. The van der Waals surface area contributed by atoms with Gasteiger partial charge in [0.05, 0.1) is 4.88 Å². The average molecular weight is 380 g/mol. The molecule has 3 aromatic rings. The van der Waals surface area contributed by atoms with Gasteiger partial charge in [0.1, 0.15) is 6.04 Å². The minimum Gasteiger partial charge on any atom is -0.326 e. The number of anilines is 1. The fourth-order valence-electron chi connectivity index (χ4n) is 2.92. The number of hydrogen-bond acceptors (Lipinski definition) is 3. The molecule has 2 aromatic carbocycles. The van der Waals surface area contributed by atoms with Crippen LogP contribution in [0.2, 0.25) is 0 Å². The summed E-state index contributed by atoms with van der Waals surface area (Å²) in [5.74, 6) is -0.0562. The molecule has 0 aliphatic heterocycles. The van der Waals surface area contributed by atoms with Gasteiger partial charge in [-0.15, -0.1) is 11.3 Å². The third-order valence-corrected chi connectivity index (χ3v) is 5.42. The zero-order valence-electron chi connectivity index (χ0n) is 15.4. The van der Waals surface area contributed by atoms with Crippen molar-refractivity contribution in [3.63, 3.8) is 0 Å². The second-order valence-electron chi connectivity index (χ2n) is 6.51. The molecule has 0 saturated heterocycles. The molecule has 2 atom stereocenters. The van der Waals surface area contributed by atoms with Crippen molar-refractivity contribution < 1.29 is 14.9 Å². The Kier molecular flexibility index (Phi) is 6.16. The number of quaternary nitrogens is 1. The molecule has 138 valence electrons. The molecule has 3 N–H and O–H groups in total. The number of thiophene rings is 1. The molecular formula is C22H23N2O2S+. The zero-order valence-corrected chi connectivity index (χ0v) is 16.2. The molecule has 0 radical (unpaired) electrons. The number of ketones is 1. The maximum absolute atomic E-state index is 12.7. The highest BCUT2D eigenvalue weighted by Gasteiger charge is 2.25. The SMILES string of the molecule is CC(=O)c1ccc(NC(=O)[C@H](C)[NH2+][C@@H](c2ccccc2)c2cccs2)cc1. The molecule has 0 saturated carbocycles. The van der Waals surface area contributed by atoms with E-state index >= 15 is 0 Å². The van der Waals surface area contributed by atoms with Crippen molar-refractivity contribution in [3.05, 3.63) is 88.1 Å². The number of rotatable bonds is 7. The number of carbonyl (C=O) groups excluding carboxylic acids is 2. The molecule has 3 rings (SSSR count). The van der Waals surface area contributed by atoms with Gasteiger partial charge in [0.15, 0.2) is 11.8 Å². The first-order valence-corrected chi connectivity index (χ1v) is 9.78.